The Labute approximate surface area is 68.8 Å². The molecular weight excluding hydrogens is 136 g/mol. The fraction of sp³-hybridized carbons (Fsp3) is 0.800. The van der Waals surface area contributed by atoms with E-state index < -0.39 is 0 Å². The van der Waals surface area contributed by atoms with Crippen molar-refractivity contribution in [2.45, 2.75) is 32.1 Å². The number of aliphatic hydroxyl groups excluding tert-OH is 1. The lowest BCUT2D eigenvalue weighted by molar-refractivity contribution is 0.219. The molecule has 1 rings (SSSR count). The third-order valence-corrected chi connectivity index (χ3v) is 2.62. The van der Waals surface area contributed by atoms with Crippen LogP contribution in [0.3, 0.4) is 0 Å². The lowest BCUT2D eigenvalue weighted by Crippen LogP contribution is -2.14. The van der Waals surface area contributed by atoms with Gasteiger partial charge in [0.1, 0.15) is 0 Å². The standard InChI is InChI=1S/C10H16O/c1-2-9-3-5-10(6-4-9)7-8-11/h1,9-11H,3-8H2. The second-order valence-corrected chi connectivity index (χ2v) is 3.40. The molecule has 0 heterocycles. The molecule has 1 aliphatic carbocycles. The Kier molecular flexibility index (Phi) is 3.45. The highest BCUT2D eigenvalue weighted by molar-refractivity contribution is 4.95. The summed E-state index contributed by atoms with van der Waals surface area (Å²) in [6.45, 7) is 0.339. The minimum atomic E-state index is 0.339. The maximum Gasteiger partial charge on any atom is 0.0433 e. The van der Waals surface area contributed by atoms with E-state index in [0.29, 0.717) is 12.5 Å². The van der Waals surface area contributed by atoms with Gasteiger partial charge in [-0.1, -0.05) is 0 Å². The first-order chi connectivity index (χ1) is 5.36. The number of aliphatic hydroxyl groups is 1. The van der Waals surface area contributed by atoms with Crippen molar-refractivity contribution >= 4 is 0 Å². The van der Waals surface area contributed by atoms with Gasteiger partial charge < -0.3 is 5.11 Å². The monoisotopic (exact) mass is 152 g/mol. The van der Waals surface area contributed by atoms with Crippen LogP contribution >= 0.6 is 0 Å². The van der Waals surface area contributed by atoms with Crippen LogP contribution in [0.1, 0.15) is 32.1 Å². The molecule has 1 saturated carbocycles. The summed E-state index contributed by atoms with van der Waals surface area (Å²) in [6.07, 6.45) is 11.1. The Hall–Kier alpha value is -0.480. The average molecular weight is 152 g/mol. The summed E-state index contributed by atoms with van der Waals surface area (Å²) in [5.74, 6) is 4.06. The summed E-state index contributed by atoms with van der Waals surface area (Å²) >= 11 is 0. The van der Waals surface area contributed by atoms with Crippen molar-refractivity contribution in [3.05, 3.63) is 0 Å². The maximum absolute atomic E-state index is 8.70. The molecule has 62 valence electrons. The molecule has 0 atom stereocenters. The summed E-state index contributed by atoms with van der Waals surface area (Å²) in [6, 6.07) is 0. The lowest BCUT2D eigenvalue weighted by Gasteiger charge is -2.24. The van der Waals surface area contributed by atoms with Gasteiger partial charge in [-0.2, -0.15) is 0 Å². The molecule has 1 aliphatic rings. The van der Waals surface area contributed by atoms with Crippen LogP contribution in [0, 0.1) is 24.2 Å². The average Bonchev–Trinajstić information content (AvgIpc) is 2.07. The fourth-order valence-electron chi connectivity index (χ4n) is 1.80. The second kappa shape index (κ2) is 4.41. The quantitative estimate of drug-likeness (QED) is 0.598. The Bertz CT molecular complexity index is 137. The Morgan fingerprint density at radius 2 is 1.91 bits per heavy atom. The minimum absolute atomic E-state index is 0.339. The first-order valence-electron chi connectivity index (χ1n) is 4.43. The molecule has 0 unspecified atom stereocenters. The van der Waals surface area contributed by atoms with Crippen molar-refractivity contribution in [1.82, 2.24) is 0 Å². The van der Waals surface area contributed by atoms with Crippen molar-refractivity contribution < 1.29 is 5.11 Å². The third kappa shape index (κ3) is 2.55. The molecule has 0 radical (unpaired) electrons. The summed E-state index contributed by atoms with van der Waals surface area (Å²) in [7, 11) is 0. The van der Waals surface area contributed by atoms with E-state index in [2.05, 4.69) is 5.92 Å². The molecule has 0 aromatic heterocycles. The third-order valence-electron chi connectivity index (χ3n) is 2.62. The molecule has 0 aliphatic heterocycles. The van der Waals surface area contributed by atoms with Crippen molar-refractivity contribution in [2.75, 3.05) is 6.61 Å². The molecule has 1 nitrogen and oxygen atoms in total. The molecule has 0 spiro atoms. The topological polar surface area (TPSA) is 20.2 Å². The van der Waals surface area contributed by atoms with Crippen molar-refractivity contribution in [3.63, 3.8) is 0 Å². The lowest BCUT2D eigenvalue weighted by atomic mass is 9.81. The SMILES string of the molecule is C#CC1CCC(CCO)CC1. The zero-order valence-corrected chi connectivity index (χ0v) is 6.92. The van der Waals surface area contributed by atoms with Gasteiger partial charge in [-0.15, -0.1) is 12.3 Å². The predicted octanol–water partition coefficient (Wildman–Crippen LogP) is 1.81. The van der Waals surface area contributed by atoms with E-state index in [0.717, 1.165) is 12.3 Å². The number of hydrogen-bond donors (Lipinski definition) is 1. The highest BCUT2D eigenvalue weighted by Crippen LogP contribution is 2.29. The normalized spacial score (nSPS) is 31.3. The summed E-state index contributed by atoms with van der Waals surface area (Å²) in [5, 5.41) is 8.70. The molecule has 11 heavy (non-hydrogen) atoms. The van der Waals surface area contributed by atoms with Gasteiger partial charge in [0.15, 0.2) is 0 Å². The first-order valence-corrected chi connectivity index (χ1v) is 4.43. The molecule has 1 N–H and O–H groups in total. The van der Waals surface area contributed by atoms with Gasteiger partial charge >= 0.3 is 0 Å². The largest absolute Gasteiger partial charge is 0.396 e. The van der Waals surface area contributed by atoms with E-state index in [1.807, 2.05) is 0 Å². The summed E-state index contributed by atoms with van der Waals surface area (Å²) in [4.78, 5) is 0. The van der Waals surface area contributed by atoms with E-state index in [4.69, 9.17) is 11.5 Å². The molecule has 0 amide bonds. The Morgan fingerprint density at radius 3 is 2.36 bits per heavy atom. The molecule has 0 aromatic rings. The van der Waals surface area contributed by atoms with E-state index in [9.17, 15) is 0 Å². The van der Waals surface area contributed by atoms with Crippen LogP contribution in [0.5, 0.6) is 0 Å². The van der Waals surface area contributed by atoms with Crippen LogP contribution in [0.2, 0.25) is 0 Å². The van der Waals surface area contributed by atoms with Gasteiger partial charge in [0.05, 0.1) is 0 Å². The van der Waals surface area contributed by atoms with Crippen LogP contribution in [0.15, 0.2) is 0 Å². The van der Waals surface area contributed by atoms with Gasteiger partial charge in [-0.05, 0) is 38.0 Å². The smallest absolute Gasteiger partial charge is 0.0433 e. The first kappa shape index (κ1) is 8.62. The van der Waals surface area contributed by atoms with Gasteiger partial charge in [-0.25, -0.2) is 0 Å². The molecule has 0 saturated heterocycles. The van der Waals surface area contributed by atoms with Crippen molar-refractivity contribution in [3.8, 4) is 12.3 Å². The van der Waals surface area contributed by atoms with Gasteiger partial charge in [0.2, 0.25) is 0 Å². The van der Waals surface area contributed by atoms with Crippen LogP contribution in [0.25, 0.3) is 0 Å². The zero-order valence-electron chi connectivity index (χ0n) is 6.92. The molecule has 0 bridgehead atoms. The molecular formula is C10H16O. The zero-order chi connectivity index (χ0) is 8.10. The van der Waals surface area contributed by atoms with Gasteiger partial charge in [0.25, 0.3) is 0 Å². The summed E-state index contributed by atoms with van der Waals surface area (Å²) < 4.78 is 0. The molecule has 1 heteroatoms. The highest BCUT2D eigenvalue weighted by atomic mass is 16.3. The Balaban J connectivity index is 2.20. The molecule has 0 aromatic carbocycles. The van der Waals surface area contributed by atoms with Gasteiger partial charge in [-0.3, -0.25) is 0 Å². The number of hydrogen-bond acceptors (Lipinski definition) is 1. The predicted molar refractivity (Wildman–Crippen MR) is 46.0 cm³/mol. The summed E-state index contributed by atoms with van der Waals surface area (Å²) in [5.41, 5.74) is 0. The van der Waals surface area contributed by atoms with Crippen LogP contribution in [-0.2, 0) is 0 Å². The van der Waals surface area contributed by atoms with Gasteiger partial charge in [0, 0.05) is 12.5 Å². The van der Waals surface area contributed by atoms with Crippen molar-refractivity contribution in [1.29, 1.82) is 0 Å². The number of terminal acetylenes is 1. The van der Waals surface area contributed by atoms with E-state index >= 15 is 0 Å². The highest BCUT2D eigenvalue weighted by Gasteiger charge is 2.18. The van der Waals surface area contributed by atoms with E-state index in [1.54, 1.807) is 0 Å². The maximum atomic E-state index is 8.70. The molecule has 1 fully saturated rings. The minimum Gasteiger partial charge on any atom is -0.396 e. The van der Waals surface area contributed by atoms with E-state index in [-0.39, 0.29) is 0 Å². The second-order valence-electron chi connectivity index (χ2n) is 3.40. The number of rotatable bonds is 2. The van der Waals surface area contributed by atoms with Crippen LogP contribution in [0.4, 0.5) is 0 Å². The van der Waals surface area contributed by atoms with Crippen molar-refractivity contribution in [2.24, 2.45) is 11.8 Å². The Morgan fingerprint density at radius 1 is 1.27 bits per heavy atom. The van der Waals surface area contributed by atoms with Crippen LogP contribution < -0.4 is 0 Å². The van der Waals surface area contributed by atoms with E-state index in [1.165, 1.54) is 25.7 Å². The fourth-order valence-corrected chi connectivity index (χ4v) is 1.80. The van der Waals surface area contributed by atoms with Crippen LogP contribution in [-0.4, -0.2) is 11.7 Å².